The third kappa shape index (κ3) is 6.31. The van der Waals surface area contributed by atoms with Crippen LogP contribution in [0, 0.1) is 3.57 Å². The van der Waals surface area contributed by atoms with Gasteiger partial charge >= 0.3 is 0 Å². The van der Waals surface area contributed by atoms with Crippen molar-refractivity contribution in [2.24, 2.45) is 0 Å². The summed E-state index contributed by atoms with van der Waals surface area (Å²) < 4.78 is 12.3. The van der Waals surface area contributed by atoms with Gasteiger partial charge in [0.1, 0.15) is 13.2 Å². The number of thioether (sulfide) groups is 1. The number of hydrogen-bond donors (Lipinski definition) is 0. The third-order valence-electron chi connectivity index (χ3n) is 5.72. The molecule has 7 nitrogen and oxygen atoms in total. The van der Waals surface area contributed by atoms with Crippen molar-refractivity contribution in [1.82, 2.24) is 9.80 Å². The number of methoxy groups -OCH3 is 1. The van der Waals surface area contributed by atoms with E-state index in [1.54, 1.807) is 36.3 Å². The molecule has 10 heteroatoms. The molecule has 2 saturated heterocycles. The zero-order valence-corrected chi connectivity index (χ0v) is 22.8. The number of carbonyl (C=O) groups excluding carboxylic acids is 3. The van der Waals surface area contributed by atoms with E-state index in [4.69, 9.17) is 21.1 Å². The highest BCUT2D eigenvalue weighted by atomic mass is 127. The van der Waals surface area contributed by atoms with Crippen molar-refractivity contribution < 1.29 is 23.9 Å². The number of halogens is 2. The minimum absolute atomic E-state index is 0.188. The second-order valence-electron chi connectivity index (χ2n) is 8.16. The number of nitrogens with zero attached hydrogens (tertiary/aromatic N) is 2. The number of carbonyl (C=O) groups is 3. The summed E-state index contributed by atoms with van der Waals surface area (Å²) in [6.07, 6.45) is 4.64. The van der Waals surface area contributed by atoms with Crippen LogP contribution < -0.4 is 9.47 Å². The lowest BCUT2D eigenvalue weighted by Crippen LogP contribution is -2.44. The van der Waals surface area contributed by atoms with Crippen LogP contribution in [0.1, 0.15) is 30.4 Å². The Morgan fingerprint density at radius 2 is 1.86 bits per heavy atom. The molecule has 0 aliphatic carbocycles. The van der Waals surface area contributed by atoms with Gasteiger partial charge in [0.05, 0.1) is 15.6 Å². The first kappa shape index (κ1) is 25.8. The molecule has 184 valence electrons. The van der Waals surface area contributed by atoms with E-state index in [1.807, 2.05) is 18.2 Å². The van der Waals surface area contributed by atoms with Crippen molar-refractivity contribution in [2.45, 2.75) is 25.9 Å². The van der Waals surface area contributed by atoms with Crippen molar-refractivity contribution >= 4 is 69.1 Å². The maximum atomic E-state index is 12.9. The molecule has 4 rings (SSSR count). The molecular weight excluding hydrogens is 603 g/mol. The highest BCUT2D eigenvalue weighted by Gasteiger charge is 2.37. The molecule has 0 saturated carbocycles. The normalized spacial score (nSPS) is 17.3. The summed E-state index contributed by atoms with van der Waals surface area (Å²) in [7, 11) is 1.55. The molecule has 2 aliphatic heterocycles. The van der Waals surface area contributed by atoms with Gasteiger partial charge in [-0.15, -0.1) is 0 Å². The molecular formula is C25H24ClIN2O5S. The number of likely N-dealkylation sites (tertiary alicyclic amines) is 1. The minimum Gasteiger partial charge on any atom is -0.493 e. The summed E-state index contributed by atoms with van der Waals surface area (Å²) in [4.78, 5) is 41.0. The summed E-state index contributed by atoms with van der Waals surface area (Å²) in [5.74, 6) is 0.450. The Labute approximate surface area is 226 Å². The van der Waals surface area contributed by atoms with Gasteiger partial charge in [-0.2, -0.15) is 0 Å². The Kier molecular flexibility index (Phi) is 8.61. The molecule has 0 spiro atoms. The van der Waals surface area contributed by atoms with Gasteiger partial charge in [-0.1, -0.05) is 23.7 Å². The average molecular weight is 627 g/mol. The van der Waals surface area contributed by atoms with Crippen molar-refractivity contribution in [3.8, 4) is 11.5 Å². The van der Waals surface area contributed by atoms with E-state index < -0.39 is 11.1 Å². The van der Waals surface area contributed by atoms with Crippen LogP contribution in [0.25, 0.3) is 6.08 Å². The predicted molar refractivity (Wildman–Crippen MR) is 145 cm³/mol. The average Bonchev–Trinajstić information content (AvgIpc) is 3.11. The molecule has 0 N–H and O–H groups in total. The lowest BCUT2D eigenvalue weighted by Gasteiger charge is -2.27. The molecule has 2 fully saturated rings. The van der Waals surface area contributed by atoms with Gasteiger partial charge in [0, 0.05) is 18.1 Å². The molecule has 0 atom stereocenters. The van der Waals surface area contributed by atoms with Gasteiger partial charge in [0.15, 0.2) is 11.5 Å². The SMILES string of the molecule is COc1cc(/C=C2\SC(=O)N(CC(=O)N3CCCCC3)C2=O)cc(I)c1OCc1ccc(Cl)cc1. The number of hydrogen-bond acceptors (Lipinski definition) is 6. The van der Waals surface area contributed by atoms with E-state index in [0.717, 1.165) is 45.1 Å². The molecule has 3 amide bonds. The summed E-state index contributed by atoms with van der Waals surface area (Å²) >= 11 is 8.93. The van der Waals surface area contributed by atoms with Crippen molar-refractivity contribution in [3.05, 3.63) is 61.0 Å². The van der Waals surface area contributed by atoms with Crippen molar-refractivity contribution in [3.63, 3.8) is 0 Å². The maximum absolute atomic E-state index is 12.9. The number of amides is 3. The largest absolute Gasteiger partial charge is 0.493 e. The van der Waals surface area contributed by atoms with Gasteiger partial charge in [-0.3, -0.25) is 19.3 Å². The molecule has 35 heavy (non-hydrogen) atoms. The zero-order valence-electron chi connectivity index (χ0n) is 19.1. The summed E-state index contributed by atoms with van der Waals surface area (Å²) in [5, 5.41) is 0.224. The molecule has 0 bridgehead atoms. The highest BCUT2D eigenvalue weighted by molar-refractivity contribution is 14.1. The number of ether oxygens (including phenoxy) is 2. The van der Waals surface area contributed by atoms with Crippen LogP contribution in [0.4, 0.5) is 4.79 Å². The maximum Gasteiger partial charge on any atom is 0.294 e. The van der Waals surface area contributed by atoms with Gasteiger partial charge in [-0.25, -0.2) is 0 Å². The van der Waals surface area contributed by atoms with Crippen LogP contribution in [0.5, 0.6) is 11.5 Å². The molecule has 0 unspecified atom stereocenters. The molecule has 0 aromatic heterocycles. The Morgan fingerprint density at radius 1 is 1.14 bits per heavy atom. The first-order chi connectivity index (χ1) is 16.9. The van der Waals surface area contributed by atoms with Gasteiger partial charge in [0.2, 0.25) is 5.91 Å². The number of rotatable bonds is 7. The number of imide groups is 1. The van der Waals surface area contributed by atoms with E-state index in [0.29, 0.717) is 41.8 Å². The fraction of sp³-hybridized carbons (Fsp3) is 0.320. The molecule has 0 radical (unpaired) electrons. The first-order valence-corrected chi connectivity index (χ1v) is 13.4. The molecule has 2 aliphatic rings. The van der Waals surface area contributed by atoms with E-state index >= 15 is 0 Å². The Balaban J connectivity index is 1.47. The topological polar surface area (TPSA) is 76.2 Å². The number of benzene rings is 2. The molecule has 2 aromatic carbocycles. The standard InChI is InChI=1S/C25H24ClIN2O5S/c1-33-20-12-17(11-19(27)23(20)34-15-16-5-7-18(26)8-6-16)13-21-24(31)29(25(32)35-21)14-22(30)28-9-3-2-4-10-28/h5-8,11-13H,2-4,9-10,14-15H2,1H3/b21-13-. The Hall–Kier alpha value is -2.24. The third-order valence-corrected chi connectivity index (χ3v) is 7.68. The van der Waals surface area contributed by atoms with Gasteiger partial charge in [-0.05, 0) is 95.1 Å². The fourth-order valence-electron chi connectivity index (χ4n) is 3.87. The van der Waals surface area contributed by atoms with Crippen LogP contribution in [0.15, 0.2) is 41.3 Å². The monoisotopic (exact) mass is 626 g/mol. The van der Waals surface area contributed by atoms with E-state index in [-0.39, 0.29) is 17.4 Å². The number of piperidine rings is 1. The quantitative estimate of drug-likeness (QED) is 0.295. The summed E-state index contributed by atoms with van der Waals surface area (Å²) in [6.45, 7) is 1.47. The van der Waals surface area contributed by atoms with Crippen LogP contribution >= 0.6 is 46.0 Å². The van der Waals surface area contributed by atoms with Crippen molar-refractivity contribution in [1.29, 1.82) is 0 Å². The second kappa shape index (κ2) is 11.7. The summed E-state index contributed by atoms with van der Waals surface area (Å²) in [5.41, 5.74) is 1.65. The summed E-state index contributed by atoms with van der Waals surface area (Å²) in [6, 6.07) is 11.0. The second-order valence-corrected chi connectivity index (χ2v) is 10.8. The van der Waals surface area contributed by atoms with Gasteiger partial charge < -0.3 is 14.4 Å². The van der Waals surface area contributed by atoms with Crippen molar-refractivity contribution in [2.75, 3.05) is 26.7 Å². The molecule has 2 aromatic rings. The van der Waals surface area contributed by atoms with E-state index in [1.165, 1.54) is 0 Å². The van der Waals surface area contributed by atoms with Crippen LogP contribution in [0.3, 0.4) is 0 Å². The Bertz CT molecular complexity index is 1170. The predicted octanol–water partition coefficient (Wildman–Crippen LogP) is 5.58. The van der Waals surface area contributed by atoms with E-state index in [9.17, 15) is 14.4 Å². The fourth-order valence-corrected chi connectivity index (χ4v) is 5.61. The first-order valence-electron chi connectivity index (χ1n) is 11.1. The van der Waals surface area contributed by atoms with Crippen LogP contribution in [0.2, 0.25) is 5.02 Å². The smallest absolute Gasteiger partial charge is 0.294 e. The Morgan fingerprint density at radius 3 is 2.54 bits per heavy atom. The molecule has 2 heterocycles. The van der Waals surface area contributed by atoms with E-state index in [2.05, 4.69) is 22.6 Å². The van der Waals surface area contributed by atoms with Gasteiger partial charge in [0.25, 0.3) is 11.1 Å². The lowest BCUT2D eigenvalue weighted by molar-refractivity contribution is -0.136. The van der Waals surface area contributed by atoms with Crippen LogP contribution in [-0.4, -0.2) is 53.6 Å². The van der Waals surface area contributed by atoms with Crippen LogP contribution in [-0.2, 0) is 16.2 Å². The zero-order chi connectivity index (χ0) is 24.9. The minimum atomic E-state index is -0.456. The lowest BCUT2D eigenvalue weighted by atomic mass is 10.1. The highest BCUT2D eigenvalue weighted by Crippen LogP contribution is 2.37.